The molecule has 102 valence electrons. The van der Waals surface area contributed by atoms with Crippen LogP contribution in [0.4, 0.5) is 0 Å². The van der Waals surface area contributed by atoms with Gasteiger partial charge in [-0.1, -0.05) is 13.8 Å². The highest BCUT2D eigenvalue weighted by Gasteiger charge is 2.18. The molecule has 0 aliphatic carbocycles. The second-order valence-electron chi connectivity index (χ2n) is 4.08. The summed E-state index contributed by atoms with van der Waals surface area (Å²) in [5.74, 6) is 0. The molecular formula is C12H28N4O. The Kier molecular flexibility index (Phi) is 9.07. The molecule has 0 fully saturated rings. The molecule has 17 heavy (non-hydrogen) atoms. The molecule has 0 saturated carbocycles. The third-order valence-electron chi connectivity index (χ3n) is 2.98. The summed E-state index contributed by atoms with van der Waals surface area (Å²) in [6, 6.07) is 0. The van der Waals surface area contributed by atoms with Gasteiger partial charge in [-0.15, -0.1) is 0 Å². The molecule has 0 aromatic heterocycles. The minimum absolute atomic E-state index is 0.151. The van der Waals surface area contributed by atoms with Crippen LogP contribution in [0.1, 0.15) is 20.8 Å². The topological polar surface area (TPSA) is 64.8 Å². The zero-order chi connectivity index (χ0) is 13.3. The second kappa shape index (κ2) is 9.41. The third-order valence-corrected chi connectivity index (χ3v) is 2.98. The standard InChI is InChI=1S/C12H28N4O/c1-5-15(7-8-17)10-16(6-2)12(14-4)11(3)9-13/h9,12,14,17H,5-8,10,13H2,1-4H3. The first kappa shape index (κ1) is 16.4. The Morgan fingerprint density at radius 3 is 2.41 bits per heavy atom. The van der Waals surface area contributed by atoms with E-state index in [4.69, 9.17) is 10.8 Å². The highest BCUT2D eigenvalue weighted by molar-refractivity contribution is 5.04. The van der Waals surface area contributed by atoms with Gasteiger partial charge in [0.2, 0.25) is 0 Å². The van der Waals surface area contributed by atoms with Crippen LogP contribution < -0.4 is 11.1 Å². The zero-order valence-corrected chi connectivity index (χ0v) is 11.6. The summed E-state index contributed by atoms with van der Waals surface area (Å²) in [5, 5.41) is 12.3. The summed E-state index contributed by atoms with van der Waals surface area (Å²) in [6.45, 7) is 9.83. The molecule has 0 amide bonds. The van der Waals surface area contributed by atoms with E-state index < -0.39 is 0 Å². The van der Waals surface area contributed by atoms with Crippen LogP contribution in [0.2, 0.25) is 0 Å². The molecule has 0 heterocycles. The summed E-state index contributed by atoms with van der Waals surface area (Å²) in [6.07, 6.45) is 1.80. The average molecular weight is 244 g/mol. The van der Waals surface area contributed by atoms with E-state index in [1.165, 1.54) is 0 Å². The number of rotatable bonds is 9. The molecule has 5 nitrogen and oxygen atoms in total. The van der Waals surface area contributed by atoms with Gasteiger partial charge in [0.15, 0.2) is 0 Å². The van der Waals surface area contributed by atoms with Crippen molar-refractivity contribution in [2.75, 3.05) is 40.0 Å². The molecule has 5 heteroatoms. The SMILES string of the molecule is CCN(CCO)CN(CC)C(NC)C(C)=CN. The first-order valence-electron chi connectivity index (χ1n) is 6.27. The highest BCUT2D eigenvalue weighted by atomic mass is 16.3. The van der Waals surface area contributed by atoms with Crippen LogP contribution in [0.25, 0.3) is 0 Å². The van der Waals surface area contributed by atoms with Gasteiger partial charge in [-0.3, -0.25) is 9.80 Å². The summed E-state index contributed by atoms with van der Waals surface area (Å²) in [5.41, 5.74) is 6.69. The number of hydrogen-bond donors (Lipinski definition) is 3. The van der Waals surface area contributed by atoms with Crippen LogP contribution in [0.3, 0.4) is 0 Å². The van der Waals surface area contributed by atoms with Crippen LogP contribution >= 0.6 is 0 Å². The summed E-state index contributed by atoms with van der Waals surface area (Å²) in [7, 11) is 1.93. The van der Waals surface area contributed by atoms with Crippen molar-refractivity contribution < 1.29 is 5.11 Å². The first-order valence-corrected chi connectivity index (χ1v) is 6.27. The van der Waals surface area contributed by atoms with Gasteiger partial charge in [-0.2, -0.15) is 0 Å². The Hall–Kier alpha value is -0.620. The maximum absolute atomic E-state index is 9.00. The lowest BCUT2D eigenvalue weighted by atomic mass is 10.2. The summed E-state index contributed by atoms with van der Waals surface area (Å²) < 4.78 is 0. The monoisotopic (exact) mass is 244 g/mol. The normalized spacial score (nSPS) is 14.6. The predicted octanol–water partition coefficient (Wildman–Crippen LogP) is -0.0120. The number of aliphatic hydroxyl groups is 1. The van der Waals surface area contributed by atoms with E-state index in [9.17, 15) is 0 Å². The van der Waals surface area contributed by atoms with E-state index in [2.05, 4.69) is 29.0 Å². The minimum atomic E-state index is 0.151. The van der Waals surface area contributed by atoms with Crippen molar-refractivity contribution in [2.45, 2.75) is 26.9 Å². The van der Waals surface area contributed by atoms with Gasteiger partial charge >= 0.3 is 0 Å². The van der Waals surface area contributed by atoms with Crippen LogP contribution in [0.15, 0.2) is 11.8 Å². The molecule has 0 aromatic rings. The molecule has 0 saturated heterocycles. The highest BCUT2D eigenvalue weighted by Crippen LogP contribution is 2.07. The van der Waals surface area contributed by atoms with Crippen molar-refractivity contribution in [3.8, 4) is 0 Å². The maximum Gasteiger partial charge on any atom is 0.0841 e. The van der Waals surface area contributed by atoms with E-state index in [1.807, 2.05) is 14.0 Å². The quantitative estimate of drug-likeness (QED) is 0.498. The van der Waals surface area contributed by atoms with E-state index in [1.54, 1.807) is 6.20 Å². The lowest BCUT2D eigenvalue weighted by molar-refractivity contribution is 0.0885. The Labute approximate surface area is 105 Å². The van der Waals surface area contributed by atoms with E-state index in [0.29, 0.717) is 6.54 Å². The third kappa shape index (κ3) is 5.50. The zero-order valence-electron chi connectivity index (χ0n) is 11.6. The van der Waals surface area contributed by atoms with Gasteiger partial charge in [0.05, 0.1) is 19.4 Å². The number of nitrogens with zero attached hydrogens (tertiary/aromatic N) is 2. The van der Waals surface area contributed by atoms with Crippen molar-refractivity contribution in [3.63, 3.8) is 0 Å². The van der Waals surface area contributed by atoms with Gasteiger partial charge in [0.1, 0.15) is 0 Å². The van der Waals surface area contributed by atoms with Crippen molar-refractivity contribution in [1.29, 1.82) is 0 Å². The van der Waals surface area contributed by atoms with E-state index >= 15 is 0 Å². The molecule has 0 aliphatic rings. The van der Waals surface area contributed by atoms with Gasteiger partial charge in [-0.25, -0.2) is 0 Å². The molecule has 0 bridgehead atoms. The molecule has 0 radical (unpaired) electrons. The Bertz CT molecular complexity index is 221. The first-order chi connectivity index (χ1) is 8.14. The number of nitrogens with two attached hydrogens (primary N) is 1. The fourth-order valence-electron chi connectivity index (χ4n) is 1.88. The minimum Gasteiger partial charge on any atom is -0.405 e. The smallest absolute Gasteiger partial charge is 0.0841 e. The van der Waals surface area contributed by atoms with E-state index in [0.717, 1.165) is 25.3 Å². The summed E-state index contributed by atoms with van der Waals surface area (Å²) in [4.78, 5) is 4.50. The van der Waals surface area contributed by atoms with Crippen molar-refractivity contribution >= 4 is 0 Å². The number of nitrogens with one attached hydrogen (secondary N) is 1. The van der Waals surface area contributed by atoms with Gasteiger partial charge in [-0.05, 0) is 38.8 Å². The average Bonchev–Trinajstić information content (AvgIpc) is 2.36. The Morgan fingerprint density at radius 2 is 2.06 bits per heavy atom. The largest absolute Gasteiger partial charge is 0.405 e. The molecule has 0 aromatic carbocycles. The van der Waals surface area contributed by atoms with Crippen molar-refractivity contribution in [2.24, 2.45) is 5.73 Å². The van der Waals surface area contributed by atoms with Crippen LogP contribution in [0.5, 0.6) is 0 Å². The molecule has 4 N–H and O–H groups in total. The summed E-state index contributed by atoms with van der Waals surface area (Å²) >= 11 is 0. The Morgan fingerprint density at radius 1 is 1.41 bits per heavy atom. The predicted molar refractivity (Wildman–Crippen MR) is 72.4 cm³/mol. The van der Waals surface area contributed by atoms with E-state index in [-0.39, 0.29) is 12.8 Å². The van der Waals surface area contributed by atoms with Crippen LogP contribution in [0, 0.1) is 0 Å². The molecular weight excluding hydrogens is 216 g/mol. The van der Waals surface area contributed by atoms with Crippen molar-refractivity contribution in [3.05, 3.63) is 11.8 Å². The number of likely N-dealkylation sites (N-methyl/N-ethyl adjacent to an activating group) is 3. The van der Waals surface area contributed by atoms with Gasteiger partial charge in [0, 0.05) is 6.54 Å². The number of hydrogen-bond acceptors (Lipinski definition) is 5. The maximum atomic E-state index is 9.00. The van der Waals surface area contributed by atoms with Crippen molar-refractivity contribution in [1.82, 2.24) is 15.1 Å². The van der Waals surface area contributed by atoms with Crippen LogP contribution in [-0.4, -0.2) is 61.0 Å². The molecule has 0 spiro atoms. The molecule has 0 aliphatic heterocycles. The van der Waals surface area contributed by atoms with Gasteiger partial charge < -0.3 is 16.2 Å². The molecule has 1 unspecified atom stereocenters. The fourth-order valence-corrected chi connectivity index (χ4v) is 1.88. The Balaban J connectivity index is 4.56. The molecule has 1 atom stereocenters. The fraction of sp³-hybridized carbons (Fsp3) is 0.833. The molecule has 0 rings (SSSR count). The lowest BCUT2D eigenvalue weighted by Crippen LogP contribution is -2.50. The number of aliphatic hydroxyl groups excluding tert-OH is 1. The second-order valence-corrected chi connectivity index (χ2v) is 4.08. The van der Waals surface area contributed by atoms with Gasteiger partial charge in [0.25, 0.3) is 0 Å². The van der Waals surface area contributed by atoms with Crippen LogP contribution in [-0.2, 0) is 0 Å². The lowest BCUT2D eigenvalue weighted by Gasteiger charge is -2.35.